The number of benzene rings is 1. The van der Waals surface area contributed by atoms with Crippen molar-refractivity contribution in [2.45, 2.75) is 4.21 Å². The third kappa shape index (κ3) is 4.24. The van der Waals surface area contributed by atoms with Gasteiger partial charge in [0, 0.05) is 12.6 Å². The highest BCUT2D eigenvalue weighted by atomic mass is 35.5. The lowest BCUT2D eigenvalue weighted by molar-refractivity contribution is 0.306. The fraction of sp³-hybridized carbons (Fsp3) is 0.167. The van der Waals surface area contributed by atoms with Crippen molar-refractivity contribution in [3.63, 3.8) is 0 Å². The molecule has 1 aromatic carbocycles. The number of nitrogens with zero attached hydrogens (tertiary/aromatic N) is 4. The second kappa shape index (κ2) is 8.56. The average molecular weight is 466 g/mol. The number of thiophene rings is 1. The summed E-state index contributed by atoms with van der Waals surface area (Å²) in [5, 5.41) is 12.7. The van der Waals surface area contributed by atoms with Crippen LogP contribution in [0.3, 0.4) is 0 Å². The van der Waals surface area contributed by atoms with Gasteiger partial charge in [-0.05, 0) is 30.3 Å². The molecule has 0 unspecified atom stereocenters. The lowest BCUT2D eigenvalue weighted by Gasteiger charge is -2.08. The quantitative estimate of drug-likeness (QED) is 0.398. The van der Waals surface area contributed by atoms with Crippen LogP contribution in [0.1, 0.15) is 0 Å². The van der Waals surface area contributed by atoms with Gasteiger partial charge in [0.2, 0.25) is 15.9 Å². The lowest BCUT2D eigenvalue weighted by Crippen LogP contribution is -2.27. The van der Waals surface area contributed by atoms with E-state index >= 15 is 0 Å². The van der Waals surface area contributed by atoms with Crippen LogP contribution < -0.4 is 14.2 Å². The van der Waals surface area contributed by atoms with Crippen LogP contribution in [0.5, 0.6) is 11.6 Å². The Balaban J connectivity index is 1.46. The topological polar surface area (TPSA) is 108 Å². The van der Waals surface area contributed by atoms with Crippen LogP contribution >= 0.6 is 22.9 Å². The molecule has 0 fully saturated rings. The summed E-state index contributed by atoms with van der Waals surface area (Å²) < 4.78 is 39.9. The summed E-state index contributed by atoms with van der Waals surface area (Å²) in [4.78, 5) is 0. The largest absolute Gasteiger partial charge is 0.496 e. The second-order valence-corrected chi connectivity index (χ2v) is 9.68. The van der Waals surface area contributed by atoms with Gasteiger partial charge in [-0.15, -0.1) is 26.6 Å². The maximum atomic E-state index is 12.2. The molecular formula is C18H16ClN5O4S2. The molecule has 3 aromatic heterocycles. The molecular weight excluding hydrogens is 450 g/mol. The fourth-order valence-electron chi connectivity index (χ4n) is 2.69. The maximum Gasteiger partial charge on any atom is 0.250 e. The van der Waals surface area contributed by atoms with Gasteiger partial charge in [-0.25, -0.2) is 13.1 Å². The van der Waals surface area contributed by atoms with Crippen molar-refractivity contribution >= 4 is 38.6 Å². The zero-order valence-corrected chi connectivity index (χ0v) is 18.0. The summed E-state index contributed by atoms with van der Waals surface area (Å²) in [5.74, 6) is 1.45. The van der Waals surface area contributed by atoms with Crippen molar-refractivity contribution in [1.82, 2.24) is 24.5 Å². The Morgan fingerprint density at radius 1 is 1.13 bits per heavy atom. The normalized spacial score (nSPS) is 11.7. The number of halogens is 1. The van der Waals surface area contributed by atoms with E-state index in [0.29, 0.717) is 27.4 Å². The number of methoxy groups -OCH3 is 1. The first-order valence-electron chi connectivity index (χ1n) is 8.71. The minimum Gasteiger partial charge on any atom is -0.496 e. The highest BCUT2D eigenvalue weighted by molar-refractivity contribution is 7.91. The molecule has 1 N–H and O–H groups in total. The molecule has 0 saturated heterocycles. The van der Waals surface area contributed by atoms with Crippen LogP contribution in [0.4, 0.5) is 0 Å². The van der Waals surface area contributed by atoms with E-state index < -0.39 is 10.0 Å². The zero-order valence-electron chi connectivity index (χ0n) is 15.6. The molecule has 0 amide bonds. The van der Waals surface area contributed by atoms with Gasteiger partial charge in [-0.1, -0.05) is 23.7 Å². The second-order valence-electron chi connectivity index (χ2n) is 5.97. The summed E-state index contributed by atoms with van der Waals surface area (Å²) in [6.45, 7) is 0.155. The number of aromatic nitrogens is 4. The average Bonchev–Trinajstić information content (AvgIpc) is 3.37. The van der Waals surface area contributed by atoms with Gasteiger partial charge in [-0.3, -0.25) is 0 Å². The molecule has 0 saturated carbocycles. The van der Waals surface area contributed by atoms with E-state index in [1.54, 1.807) is 23.8 Å². The molecule has 9 nitrogen and oxygen atoms in total. The van der Waals surface area contributed by atoms with Crippen LogP contribution in [-0.4, -0.2) is 48.5 Å². The molecule has 0 atom stereocenters. The highest BCUT2D eigenvalue weighted by Gasteiger charge is 2.17. The zero-order chi connectivity index (χ0) is 21.1. The fourth-order valence-corrected chi connectivity index (χ4v) is 5.23. The first kappa shape index (κ1) is 20.5. The van der Waals surface area contributed by atoms with Crippen LogP contribution in [0.25, 0.3) is 17.0 Å². The predicted molar refractivity (Wildman–Crippen MR) is 113 cm³/mol. The molecule has 0 bridgehead atoms. The van der Waals surface area contributed by atoms with Gasteiger partial charge in [0.1, 0.15) is 16.6 Å². The Morgan fingerprint density at radius 2 is 1.97 bits per heavy atom. The van der Waals surface area contributed by atoms with Crippen LogP contribution in [0.2, 0.25) is 4.34 Å². The monoisotopic (exact) mass is 465 g/mol. The smallest absolute Gasteiger partial charge is 0.250 e. The first-order chi connectivity index (χ1) is 14.5. The van der Waals surface area contributed by atoms with Crippen molar-refractivity contribution in [2.75, 3.05) is 20.3 Å². The molecule has 0 aliphatic carbocycles. The molecule has 12 heteroatoms. The highest BCUT2D eigenvalue weighted by Crippen LogP contribution is 2.28. The molecule has 30 heavy (non-hydrogen) atoms. The summed E-state index contributed by atoms with van der Waals surface area (Å²) in [7, 11) is -2.05. The number of fused-ring (bicyclic) bond motifs is 1. The van der Waals surface area contributed by atoms with E-state index in [9.17, 15) is 8.42 Å². The van der Waals surface area contributed by atoms with Crippen molar-refractivity contribution < 1.29 is 17.9 Å². The van der Waals surface area contributed by atoms with Crippen LogP contribution in [0.15, 0.2) is 52.7 Å². The number of nitrogens with one attached hydrogen (secondary N) is 1. The number of para-hydroxylation sites is 1. The number of hydrogen-bond donors (Lipinski definition) is 1. The molecule has 3 heterocycles. The summed E-state index contributed by atoms with van der Waals surface area (Å²) in [6, 6.07) is 13.8. The molecule has 0 aliphatic rings. The summed E-state index contributed by atoms with van der Waals surface area (Å²) in [5.41, 5.74) is 1.28. The third-order valence-corrected chi connectivity index (χ3v) is 7.23. The number of hydrogen-bond acceptors (Lipinski definition) is 8. The maximum absolute atomic E-state index is 12.2. The third-order valence-electron chi connectivity index (χ3n) is 4.04. The van der Waals surface area contributed by atoms with E-state index in [0.717, 1.165) is 16.9 Å². The van der Waals surface area contributed by atoms with Crippen molar-refractivity contribution in [2.24, 2.45) is 0 Å². The first-order valence-corrected chi connectivity index (χ1v) is 11.4. The van der Waals surface area contributed by atoms with Crippen molar-refractivity contribution in [3.8, 4) is 23.0 Å². The van der Waals surface area contributed by atoms with Gasteiger partial charge >= 0.3 is 0 Å². The summed E-state index contributed by atoms with van der Waals surface area (Å²) in [6.07, 6.45) is 0. The Labute approximate surface area is 181 Å². The van der Waals surface area contributed by atoms with E-state index in [1.165, 1.54) is 12.1 Å². The number of rotatable bonds is 8. The number of sulfonamides is 1. The van der Waals surface area contributed by atoms with Crippen LogP contribution in [-0.2, 0) is 10.0 Å². The SMILES string of the molecule is COc1ccccc1-c1nnc2ccc(OCCNS(=O)(=O)c3ccc(Cl)s3)nn12. The predicted octanol–water partition coefficient (Wildman–Crippen LogP) is 2.87. The van der Waals surface area contributed by atoms with E-state index in [1.807, 2.05) is 24.3 Å². The van der Waals surface area contributed by atoms with E-state index in [-0.39, 0.29) is 17.4 Å². The minimum atomic E-state index is -3.63. The van der Waals surface area contributed by atoms with Crippen molar-refractivity contribution in [1.29, 1.82) is 0 Å². The Kier molecular flexibility index (Phi) is 5.86. The number of ether oxygens (including phenoxy) is 2. The van der Waals surface area contributed by atoms with Gasteiger partial charge in [0.25, 0.3) is 0 Å². The standard InChI is InChI=1S/C18H16ClN5O4S2/c1-27-13-5-3-2-4-12(13)18-22-21-15-7-8-16(23-24(15)18)28-11-10-20-30(25,26)17-9-6-14(19)29-17/h2-9,20H,10-11H2,1H3. The molecule has 0 spiro atoms. The Morgan fingerprint density at radius 3 is 2.73 bits per heavy atom. The molecule has 0 radical (unpaired) electrons. The molecule has 4 rings (SSSR count). The van der Waals surface area contributed by atoms with Gasteiger partial charge in [-0.2, -0.15) is 4.52 Å². The molecule has 0 aliphatic heterocycles. The Bertz CT molecular complexity index is 1290. The van der Waals surface area contributed by atoms with Gasteiger partial charge < -0.3 is 9.47 Å². The summed E-state index contributed by atoms with van der Waals surface area (Å²) >= 11 is 6.78. The van der Waals surface area contributed by atoms with E-state index in [4.69, 9.17) is 21.1 Å². The Hall–Kier alpha value is -2.73. The van der Waals surface area contributed by atoms with Crippen molar-refractivity contribution in [3.05, 3.63) is 52.9 Å². The minimum absolute atomic E-state index is 0.0686. The lowest BCUT2D eigenvalue weighted by atomic mass is 10.2. The van der Waals surface area contributed by atoms with Gasteiger partial charge in [0.15, 0.2) is 11.5 Å². The van der Waals surface area contributed by atoms with E-state index in [2.05, 4.69) is 20.0 Å². The van der Waals surface area contributed by atoms with Gasteiger partial charge in [0.05, 0.1) is 17.0 Å². The van der Waals surface area contributed by atoms with Crippen LogP contribution in [0, 0.1) is 0 Å². The molecule has 4 aromatic rings. The molecule has 156 valence electrons.